The maximum absolute atomic E-state index is 8.63. The molecule has 0 saturated carbocycles. The van der Waals surface area contributed by atoms with Crippen molar-refractivity contribution in [3.63, 3.8) is 0 Å². The number of para-hydroxylation sites is 3. The second-order valence-electron chi connectivity index (χ2n) is 8.85. The number of epoxide rings is 2. The Morgan fingerprint density at radius 2 is 0.771 bits per heavy atom. The van der Waals surface area contributed by atoms with E-state index in [1.54, 1.807) is 24.3 Å². The molecule has 2 heterocycles. The third-order valence-corrected chi connectivity index (χ3v) is 5.13. The lowest BCUT2D eigenvalue weighted by Gasteiger charge is -2.01. The van der Waals surface area contributed by atoms with Gasteiger partial charge >= 0.3 is 0 Å². The van der Waals surface area contributed by atoms with Crippen molar-refractivity contribution in [3.05, 3.63) is 91.0 Å². The Morgan fingerprint density at radius 1 is 0.500 bits per heavy atom. The molecule has 3 aromatic rings. The molecule has 2 aliphatic rings. The van der Waals surface area contributed by atoms with Crippen molar-refractivity contribution >= 4 is 0 Å². The third-order valence-electron chi connectivity index (χ3n) is 5.13. The number of benzene rings is 3. The van der Waals surface area contributed by atoms with E-state index in [2.05, 4.69) is 27.7 Å². The van der Waals surface area contributed by atoms with E-state index in [0.717, 1.165) is 24.7 Å². The summed E-state index contributed by atoms with van der Waals surface area (Å²) < 4.78 is 20.8. The normalized spacial score (nSPS) is 12.9. The fourth-order valence-electron chi connectivity index (χ4n) is 2.52. The minimum Gasteiger partial charge on any atom is -0.508 e. The molecule has 0 amide bonds. The summed E-state index contributed by atoms with van der Waals surface area (Å²) in [6.45, 7) is 23.9. The van der Waals surface area contributed by atoms with Gasteiger partial charge in [0.05, 0.1) is 13.2 Å². The molecule has 2 aliphatic heterocycles. The Kier molecular flexibility index (Phi) is 63.9. The van der Waals surface area contributed by atoms with Crippen molar-refractivity contribution in [1.29, 1.82) is 0 Å². The molecule has 0 aromatic heterocycles. The van der Waals surface area contributed by atoms with E-state index < -0.39 is 0 Å². The van der Waals surface area contributed by atoms with Gasteiger partial charge in [0.2, 0.25) is 0 Å². The summed E-state index contributed by atoms with van der Waals surface area (Å²) in [4.78, 5) is 0. The van der Waals surface area contributed by atoms with Crippen LogP contribution >= 0.6 is 0 Å². The fourth-order valence-corrected chi connectivity index (χ4v) is 2.52. The maximum atomic E-state index is 8.63. The van der Waals surface area contributed by atoms with Crippen LogP contribution in [0.1, 0.15) is 131 Å². The minimum absolute atomic E-state index is 0. The highest BCUT2D eigenvalue weighted by atomic mass is 16.6. The van der Waals surface area contributed by atoms with Gasteiger partial charge in [-0.05, 0) is 36.4 Å². The van der Waals surface area contributed by atoms with Crippen LogP contribution in [0.15, 0.2) is 91.0 Å². The van der Waals surface area contributed by atoms with E-state index in [4.69, 9.17) is 24.1 Å². The van der Waals surface area contributed by atoms with Gasteiger partial charge in [0, 0.05) is 0 Å². The number of phenolic OH excluding ortho intramolecular Hbond substituents is 1. The molecule has 5 nitrogen and oxygen atoms in total. The minimum atomic E-state index is 0. The molecule has 0 aliphatic carbocycles. The van der Waals surface area contributed by atoms with Gasteiger partial charge in [-0.25, -0.2) is 0 Å². The molecule has 1 N–H and O–H groups in total. The molecule has 5 rings (SSSR count). The predicted molar refractivity (Wildman–Crippen MR) is 218 cm³/mol. The molecular formula is C43H82O5. The number of unbranched alkanes of at least 4 members (excludes halogenated alkanes) is 3. The second kappa shape index (κ2) is 50.8. The predicted octanol–water partition coefficient (Wildman–Crippen LogP) is 13.9. The van der Waals surface area contributed by atoms with Gasteiger partial charge in [-0.2, -0.15) is 0 Å². The van der Waals surface area contributed by atoms with Gasteiger partial charge in [0.15, 0.2) is 0 Å². The Bertz CT molecular complexity index is 812. The van der Waals surface area contributed by atoms with E-state index in [9.17, 15) is 0 Å². The first-order valence-electron chi connectivity index (χ1n) is 17.0. The lowest BCUT2D eigenvalue weighted by molar-refractivity contribution is 0.263. The lowest BCUT2D eigenvalue weighted by atomic mass is 10.3. The summed E-state index contributed by atoms with van der Waals surface area (Å²) in [5, 5.41) is 8.63. The smallest absolute Gasteiger partial charge is 0.119 e. The molecule has 5 heteroatoms. The van der Waals surface area contributed by atoms with E-state index in [0.29, 0.717) is 31.2 Å². The van der Waals surface area contributed by atoms with Crippen LogP contribution in [0.25, 0.3) is 0 Å². The quantitative estimate of drug-likeness (QED) is 0.228. The monoisotopic (exact) mass is 679 g/mol. The summed E-state index contributed by atoms with van der Waals surface area (Å²) in [7, 11) is 0. The summed E-state index contributed by atoms with van der Waals surface area (Å²) in [6, 6.07) is 28.3. The van der Waals surface area contributed by atoms with Crippen LogP contribution in [0.3, 0.4) is 0 Å². The largest absolute Gasteiger partial charge is 0.508 e. The number of aromatic hydroxyl groups is 1. The van der Waals surface area contributed by atoms with Gasteiger partial charge in [-0.1, -0.05) is 186 Å². The van der Waals surface area contributed by atoms with Crippen LogP contribution in [0.2, 0.25) is 0 Å². The van der Waals surface area contributed by atoms with Crippen LogP contribution in [-0.2, 0) is 9.47 Å². The average molecular weight is 679 g/mol. The first kappa shape index (κ1) is 60.3. The number of ether oxygens (including phenoxy) is 4. The lowest BCUT2D eigenvalue weighted by Crippen LogP contribution is -2.03. The molecule has 0 bridgehead atoms. The first-order chi connectivity index (χ1) is 21.6. The van der Waals surface area contributed by atoms with E-state index in [-0.39, 0.29) is 29.7 Å². The highest BCUT2D eigenvalue weighted by Crippen LogP contribution is 2.14. The molecule has 2 fully saturated rings. The summed E-state index contributed by atoms with van der Waals surface area (Å²) in [6.07, 6.45) is 7.40. The molecule has 2 unspecified atom stereocenters. The summed E-state index contributed by atoms with van der Waals surface area (Å²) in [5.74, 6) is 2.16. The van der Waals surface area contributed by atoms with Gasteiger partial charge < -0.3 is 24.1 Å². The number of phenols is 1. The van der Waals surface area contributed by atoms with Gasteiger partial charge in [0.1, 0.15) is 42.7 Å². The van der Waals surface area contributed by atoms with Crippen LogP contribution in [-0.4, -0.2) is 43.7 Å². The van der Waals surface area contributed by atoms with Crippen molar-refractivity contribution in [3.8, 4) is 17.2 Å². The van der Waals surface area contributed by atoms with E-state index >= 15 is 0 Å². The molecule has 284 valence electrons. The topological polar surface area (TPSA) is 63.8 Å². The second-order valence-corrected chi connectivity index (χ2v) is 8.85. The zero-order chi connectivity index (χ0) is 33.7. The molecule has 48 heavy (non-hydrogen) atoms. The maximum Gasteiger partial charge on any atom is 0.119 e. The number of hydrogen-bond acceptors (Lipinski definition) is 5. The molecule has 0 spiro atoms. The Morgan fingerprint density at radius 3 is 0.938 bits per heavy atom. The Balaban J connectivity index is -0.0000000858. The van der Waals surface area contributed by atoms with Gasteiger partial charge in [-0.3, -0.25) is 0 Å². The molecule has 2 atom stereocenters. The number of hydrogen-bond donors (Lipinski definition) is 1. The summed E-state index contributed by atoms with van der Waals surface area (Å²) in [5.41, 5.74) is 0. The first-order valence-corrected chi connectivity index (χ1v) is 17.0. The van der Waals surface area contributed by atoms with Crippen LogP contribution in [0.5, 0.6) is 17.2 Å². The molecule has 2 saturated heterocycles. The third kappa shape index (κ3) is 47.4. The highest BCUT2D eigenvalue weighted by molar-refractivity contribution is 5.21. The molecule has 0 radical (unpaired) electrons. The SMILES string of the molecule is C.C.C.C.CC.CC.CC.CCCC.CCCCC.Oc1ccccc1.c1ccc(OCC2CO2)cc1.c1ccc(OCC2CO2)cc1. The zero-order valence-corrected chi connectivity index (χ0v) is 29.8. The van der Waals surface area contributed by atoms with Crippen molar-refractivity contribution < 1.29 is 24.1 Å². The van der Waals surface area contributed by atoms with Crippen LogP contribution < -0.4 is 9.47 Å². The van der Waals surface area contributed by atoms with Crippen molar-refractivity contribution in [1.82, 2.24) is 0 Å². The van der Waals surface area contributed by atoms with E-state index in [1.807, 2.05) is 108 Å². The van der Waals surface area contributed by atoms with Crippen molar-refractivity contribution in [2.75, 3.05) is 26.4 Å². The average Bonchev–Trinajstić information content (AvgIpc) is 4.05. The zero-order valence-electron chi connectivity index (χ0n) is 29.8. The van der Waals surface area contributed by atoms with Gasteiger partial charge in [0.25, 0.3) is 0 Å². The fraction of sp³-hybridized carbons (Fsp3) is 0.581. The van der Waals surface area contributed by atoms with E-state index in [1.165, 1.54) is 32.1 Å². The number of rotatable bonds is 9. The highest BCUT2D eigenvalue weighted by Gasteiger charge is 2.23. The Labute approximate surface area is 301 Å². The standard InChI is InChI=1S/2C9H10O2.C6H6O.C5H12.C4H10.3C2H6.4CH4/c2*1-2-4-8(5-3-1)10-6-9-7-11-9;7-6-4-2-1-3-5-6;1-3-5-4-2;1-3-4-2;3*1-2;;;;/h2*1-5,9H,6-7H2;1-5,7H;3-5H2,1-2H3;3-4H2,1-2H3;3*1-2H3;4*1H4. The van der Waals surface area contributed by atoms with Crippen molar-refractivity contribution in [2.45, 2.75) is 143 Å². The van der Waals surface area contributed by atoms with Crippen LogP contribution in [0, 0.1) is 0 Å². The van der Waals surface area contributed by atoms with Crippen LogP contribution in [0.4, 0.5) is 0 Å². The van der Waals surface area contributed by atoms with Crippen molar-refractivity contribution in [2.24, 2.45) is 0 Å². The molecular weight excluding hydrogens is 596 g/mol. The Hall–Kier alpha value is -3.02. The van der Waals surface area contributed by atoms with Gasteiger partial charge in [-0.15, -0.1) is 0 Å². The molecule has 3 aromatic carbocycles. The summed E-state index contributed by atoms with van der Waals surface area (Å²) >= 11 is 0.